The Kier molecular flexibility index (Phi) is 3.38. The molecule has 7 heteroatoms. The molecule has 18 heavy (non-hydrogen) atoms. The Morgan fingerprint density at radius 1 is 1.44 bits per heavy atom. The van der Waals surface area contributed by atoms with E-state index in [9.17, 15) is 9.59 Å². The minimum atomic E-state index is -0.558. The Hall–Kier alpha value is -1.82. The van der Waals surface area contributed by atoms with Gasteiger partial charge in [0.05, 0.1) is 17.4 Å². The fourth-order valence-electron chi connectivity index (χ4n) is 1.77. The van der Waals surface area contributed by atoms with E-state index in [-0.39, 0.29) is 5.15 Å². The lowest BCUT2D eigenvalue weighted by Gasteiger charge is -2.06. The summed E-state index contributed by atoms with van der Waals surface area (Å²) in [7, 11) is 1.71. The number of nitrogens with zero attached hydrogens (tertiary/aromatic N) is 3. The first-order valence-corrected chi connectivity index (χ1v) is 5.95. The monoisotopic (exact) mass is 268 g/mol. The second kappa shape index (κ2) is 4.81. The van der Waals surface area contributed by atoms with Crippen LogP contribution in [0.3, 0.4) is 0 Å². The fraction of sp³-hybridized carbons (Fsp3) is 0.364. The second-order valence-electron chi connectivity index (χ2n) is 3.99. The summed E-state index contributed by atoms with van der Waals surface area (Å²) in [5.41, 5.74) is -0.100. The van der Waals surface area contributed by atoms with Crippen LogP contribution in [0.4, 0.5) is 0 Å². The molecule has 1 N–H and O–H groups in total. The van der Waals surface area contributed by atoms with Gasteiger partial charge >= 0.3 is 5.69 Å². The number of rotatable bonds is 3. The predicted octanol–water partition coefficient (Wildman–Crippen LogP) is 0.865. The zero-order chi connectivity index (χ0) is 13.3. The summed E-state index contributed by atoms with van der Waals surface area (Å²) in [6, 6.07) is 0. The van der Waals surface area contributed by atoms with Crippen molar-refractivity contribution in [2.75, 3.05) is 0 Å². The third kappa shape index (κ3) is 2.11. The van der Waals surface area contributed by atoms with Crippen molar-refractivity contribution < 1.29 is 0 Å². The molecule has 2 aromatic heterocycles. The third-order valence-electron chi connectivity index (χ3n) is 2.60. The summed E-state index contributed by atoms with van der Waals surface area (Å²) >= 11 is 5.89. The van der Waals surface area contributed by atoms with Crippen LogP contribution in [0.1, 0.15) is 18.9 Å². The molecule has 0 aromatic carbocycles. The smallest absolute Gasteiger partial charge is 0.297 e. The van der Waals surface area contributed by atoms with Gasteiger partial charge in [-0.3, -0.25) is 14.5 Å². The highest BCUT2D eigenvalue weighted by Gasteiger charge is 2.14. The second-order valence-corrected chi connectivity index (χ2v) is 4.36. The van der Waals surface area contributed by atoms with Gasteiger partial charge in [0.1, 0.15) is 5.15 Å². The molecule has 0 fully saturated rings. The van der Waals surface area contributed by atoms with Crippen molar-refractivity contribution in [1.29, 1.82) is 0 Å². The van der Waals surface area contributed by atoms with Crippen molar-refractivity contribution in [2.45, 2.75) is 19.8 Å². The van der Waals surface area contributed by atoms with Gasteiger partial charge in [-0.15, -0.1) is 0 Å². The van der Waals surface area contributed by atoms with Gasteiger partial charge in [-0.1, -0.05) is 24.9 Å². The highest BCUT2D eigenvalue weighted by Crippen LogP contribution is 2.09. The van der Waals surface area contributed by atoms with Gasteiger partial charge in [0, 0.05) is 13.2 Å². The van der Waals surface area contributed by atoms with Crippen LogP contribution in [-0.4, -0.2) is 19.3 Å². The van der Waals surface area contributed by atoms with Crippen molar-refractivity contribution in [1.82, 2.24) is 19.3 Å². The van der Waals surface area contributed by atoms with Crippen molar-refractivity contribution in [2.24, 2.45) is 7.05 Å². The molecule has 2 rings (SSSR count). The molecule has 2 aromatic rings. The number of aromatic nitrogens is 4. The molecular weight excluding hydrogens is 256 g/mol. The van der Waals surface area contributed by atoms with Gasteiger partial charge in [0.15, 0.2) is 0 Å². The van der Waals surface area contributed by atoms with Crippen LogP contribution >= 0.6 is 11.6 Å². The first-order chi connectivity index (χ1) is 8.54. The minimum Gasteiger partial charge on any atom is -0.297 e. The SMILES string of the molecule is CCCc1c(Cl)[nH]c(=O)n(-c2cnn(C)c2)c1=O. The van der Waals surface area contributed by atoms with Gasteiger partial charge in [0.25, 0.3) is 5.56 Å². The molecular formula is C11H13ClN4O2. The number of aromatic amines is 1. The molecule has 0 aliphatic rings. The van der Waals surface area contributed by atoms with E-state index < -0.39 is 11.2 Å². The summed E-state index contributed by atoms with van der Waals surface area (Å²) in [6.45, 7) is 1.94. The molecule has 0 saturated heterocycles. The number of hydrogen-bond donors (Lipinski definition) is 1. The molecule has 0 bridgehead atoms. The van der Waals surface area contributed by atoms with Gasteiger partial charge in [-0.25, -0.2) is 9.36 Å². The van der Waals surface area contributed by atoms with Crippen LogP contribution in [0.5, 0.6) is 0 Å². The number of hydrogen-bond acceptors (Lipinski definition) is 3. The summed E-state index contributed by atoms with van der Waals surface area (Å²) < 4.78 is 2.57. The molecule has 96 valence electrons. The minimum absolute atomic E-state index is 0.118. The Morgan fingerprint density at radius 3 is 2.72 bits per heavy atom. The average Bonchev–Trinajstić information content (AvgIpc) is 2.70. The molecule has 0 saturated carbocycles. The average molecular weight is 269 g/mol. The van der Waals surface area contributed by atoms with Gasteiger partial charge in [-0.2, -0.15) is 5.10 Å². The highest BCUT2D eigenvalue weighted by atomic mass is 35.5. The number of aryl methyl sites for hydroxylation is 1. The van der Waals surface area contributed by atoms with E-state index in [0.717, 1.165) is 11.0 Å². The number of nitrogens with one attached hydrogen (secondary N) is 1. The van der Waals surface area contributed by atoms with E-state index in [1.807, 2.05) is 6.92 Å². The van der Waals surface area contributed by atoms with Crippen LogP contribution < -0.4 is 11.2 Å². The molecule has 0 unspecified atom stereocenters. The molecule has 0 atom stereocenters. The fourth-order valence-corrected chi connectivity index (χ4v) is 2.03. The zero-order valence-electron chi connectivity index (χ0n) is 10.1. The molecule has 0 aliphatic carbocycles. The molecule has 0 radical (unpaired) electrons. The van der Waals surface area contributed by atoms with Crippen molar-refractivity contribution in [3.63, 3.8) is 0 Å². The highest BCUT2D eigenvalue weighted by molar-refractivity contribution is 6.30. The van der Waals surface area contributed by atoms with E-state index in [0.29, 0.717) is 17.7 Å². The number of H-pyrrole nitrogens is 1. The summed E-state index contributed by atoms with van der Waals surface area (Å²) in [6.07, 6.45) is 4.35. The van der Waals surface area contributed by atoms with Crippen molar-refractivity contribution in [3.8, 4) is 5.69 Å². The van der Waals surface area contributed by atoms with E-state index in [1.165, 1.54) is 10.9 Å². The Balaban J connectivity index is 2.72. The molecule has 0 aliphatic heterocycles. The maximum absolute atomic E-state index is 12.2. The quantitative estimate of drug-likeness (QED) is 0.840. The lowest BCUT2D eigenvalue weighted by atomic mass is 10.2. The maximum Gasteiger partial charge on any atom is 0.334 e. The molecule has 0 amide bonds. The first-order valence-electron chi connectivity index (χ1n) is 5.57. The van der Waals surface area contributed by atoms with Crippen LogP contribution in [-0.2, 0) is 13.5 Å². The summed E-state index contributed by atoms with van der Waals surface area (Å²) in [4.78, 5) is 26.5. The normalized spacial score (nSPS) is 10.8. The Labute approximate surface area is 108 Å². The van der Waals surface area contributed by atoms with Crippen LogP contribution in [0, 0.1) is 0 Å². The van der Waals surface area contributed by atoms with E-state index >= 15 is 0 Å². The lowest BCUT2D eigenvalue weighted by Crippen LogP contribution is -2.36. The van der Waals surface area contributed by atoms with Gasteiger partial charge in [0.2, 0.25) is 0 Å². The third-order valence-corrected chi connectivity index (χ3v) is 2.92. The number of halogens is 1. The van der Waals surface area contributed by atoms with Crippen LogP contribution in [0.15, 0.2) is 22.0 Å². The van der Waals surface area contributed by atoms with Crippen molar-refractivity contribution >= 4 is 11.6 Å². The summed E-state index contributed by atoms with van der Waals surface area (Å²) in [5, 5.41) is 4.06. The van der Waals surface area contributed by atoms with Crippen molar-refractivity contribution in [3.05, 3.63) is 43.9 Å². The van der Waals surface area contributed by atoms with Gasteiger partial charge < -0.3 is 0 Å². The van der Waals surface area contributed by atoms with Crippen LogP contribution in [0.25, 0.3) is 5.69 Å². The van der Waals surface area contributed by atoms with Crippen LogP contribution in [0.2, 0.25) is 5.15 Å². The predicted molar refractivity (Wildman–Crippen MR) is 68.4 cm³/mol. The molecule has 6 nitrogen and oxygen atoms in total. The largest absolute Gasteiger partial charge is 0.334 e. The van der Waals surface area contributed by atoms with Gasteiger partial charge in [-0.05, 0) is 6.42 Å². The maximum atomic E-state index is 12.2. The van der Waals surface area contributed by atoms with E-state index in [2.05, 4.69) is 10.1 Å². The Morgan fingerprint density at radius 2 is 2.17 bits per heavy atom. The summed E-state index contributed by atoms with van der Waals surface area (Å²) in [5.74, 6) is 0. The zero-order valence-corrected chi connectivity index (χ0v) is 10.9. The van der Waals surface area contributed by atoms with E-state index in [1.54, 1.807) is 13.2 Å². The molecule has 0 spiro atoms. The Bertz CT molecular complexity index is 683. The topological polar surface area (TPSA) is 72.7 Å². The first kappa shape index (κ1) is 12.6. The lowest BCUT2D eigenvalue weighted by molar-refractivity contribution is 0.765. The molecule has 2 heterocycles. The standard InChI is InChI=1S/C11H13ClN4O2/c1-3-4-8-9(12)14-11(18)16(10(8)17)7-5-13-15(2)6-7/h5-6H,3-4H2,1-2H3,(H,14,18). The van der Waals surface area contributed by atoms with E-state index in [4.69, 9.17) is 11.6 Å².